The molecule has 0 spiro atoms. The Balaban J connectivity index is 0.00000180. The third-order valence-corrected chi connectivity index (χ3v) is 4.00. The molecular formula is C12H17CoN4OS+. The molecule has 2 aromatic rings. The fourth-order valence-corrected chi connectivity index (χ4v) is 2.75. The Hall–Kier alpha value is -1.02. The zero-order valence-corrected chi connectivity index (χ0v) is 12.7. The zero-order chi connectivity index (χ0) is 13.1. The zero-order valence-electron chi connectivity index (χ0n) is 10.9. The van der Waals surface area contributed by atoms with Crippen LogP contribution >= 0.6 is 11.3 Å². The maximum absolute atomic E-state index is 8.98. The number of hydrogen-bond donors (Lipinski definition) is 2. The van der Waals surface area contributed by atoms with Crippen LogP contribution in [0.15, 0.2) is 11.7 Å². The molecule has 0 aromatic carbocycles. The molecule has 0 aliphatic heterocycles. The van der Waals surface area contributed by atoms with Crippen LogP contribution in [0, 0.1) is 13.8 Å². The molecule has 5 nitrogen and oxygen atoms in total. The quantitative estimate of drug-likeness (QED) is 0.808. The molecule has 3 N–H and O–H groups in total. The van der Waals surface area contributed by atoms with Crippen LogP contribution in [-0.4, -0.2) is 21.7 Å². The number of rotatable bonds is 4. The van der Waals surface area contributed by atoms with Crippen LogP contribution in [0.5, 0.6) is 0 Å². The molecule has 0 saturated carbocycles. The van der Waals surface area contributed by atoms with Gasteiger partial charge in [-0.15, -0.1) is 0 Å². The number of hydrogen-bond acceptors (Lipinski definition) is 5. The molecular weight excluding hydrogens is 307 g/mol. The first kappa shape index (κ1) is 16.0. The molecule has 0 unspecified atom stereocenters. The molecule has 105 valence electrons. The fourth-order valence-electron chi connectivity index (χ4n) is 1.77. The summed E-state index contributed by atoms with van der Waals surface area (Å²) in [6.07, 6.45) is 2.47. The number of nitrogens with two attached hydrogens (primary N) is 1. The Morgan fingerprint density at radius 3 is 2.79 bits per heavy atom. The number of aliphatic hydroxyl groups is 1. The smallest absolute Gasteiger partial charge is 0.225 e. The van der Waals surface area contributed by atoms with Gasteiger partial charge in [-0.2, -0.15) is 4.57 Å². The number of aryl methyl sites for hydroxylation is 1. The molecule has 7 heteroatoms. The Morgan fingerprint density at radius 2 is 2.16 bits per heavy atom. The van der Waals surface area contributed by atoms with Crippen LogP contribution < -0.4 is 10.3 Å². The second-order valence-corrected chi connectivity index (χ2v) is 5.10. The minimum Gasteiger partial charge on any atom is -0.396 e. The molecule has 19 heavy (non-hydrogen) atoms. The summed E-state index contributed by atoms with van der Waals surface area (Å²) in [5.74, 6) is 1.22. The van der Waals surface area contributed by atoms with Gasteiger partial charge >= 0.3 is 0 Å². The number of thiazole rings is 1. The van der Waals surface area contributed by atoms with Crippen molar-refractivity contribution in [1.82, 2.24) is 9.97 Å². The number of aromatic nitrogens is 3. The second-order valence-electron chi connectivity index (χ2n) is 4.16. The summed E-state index contributed by atoms with van der Waals surface area (Å²) in [5.41, 5.74) is 10.0. The van der Waals surface area contributed by atoms with Crippen molar-refractivity contribution in [2.24, 2.45) is 0 Å². The number of anilines is 1. The van der Waals surface area contributed by atoms with Crippen molar-refractivity contribution in [3.8, 4) is 0 Å². The van der Waals surface area contributed by atoms with Gasteiger partial charge in [-0.05, 0) is 6.92 Å². The third-order valence-electron chi connectivity index (χ3n) is 2.85. The van der Waals surface area contributed by atoms with Gasteiger partial charge in [0.25, 0.3) is 0 Å². The topological polar surface area (TPSA) is 75.9 Å². The largest absolute Gasteiger partial charge is 0.396 e. The van der Waals surface area contributed by atoms with Crippen molar-refractivity contribution < 1.29 is 26.5 Å². The van der Waals surface area contributed by atoms with E-state index in [4.69, 9.17) is 10.8 Å². The van der Waals surface area contributed by atoms with Crippen molar-refractivity contribution in [3.05, 3.63) is 33.7 Å². The first-order valence-electron chi connectivity index (χ1n) is 5.77. The number of nitrogens with zero attached hydrogens (tertiary/aromatic N) is 3. The minimum atomic E-state index is 0. The number of nitrogen functional groups attached to an aromatic ring is 1. The van der Waals surface area contributed by atoms with Crippen molar-refractivity contribution >= 4 is 17.2 Å². The number of aliphatic hydroxyl groups excluding tert-OH is 1. The van der Waals surface area contributed by atoms with Gasteiger partial charge in [0.15, 0.2) is 12.2 Å². The summed E-state index contributed by atoms with van der Waals surface area (Å²) in [6.45, 7) is 4.71. The molecule has 0 amide bonds. The Bertz CT molecular complexity index is 559. The summed E-state index contributed by atoms with van der Waals surface area (Å²) in [5, 5.41) is 8.98. The van der Waals surface area contributed by atoms with E-state index in [1.165, 1.54) is 4.88 Å². The van der Waals surface area contributed by atoms with Crippen LogP contribution in [-0.2, 0) is 29.7 Å². The van der Waals surface area contributed by atoms with Crippen LogP contribution in [0.25, 0.3) is 0 Å². The van der Waals surface area contributed by atoms with Crippen molar-refractivity contribution in [2.45, 2.75) is 26.8 Å². The molecule has 0 atom stereocenters. The van der Waals surface area contributed by atoms with E-state index in [1.54, 1.807) is 17.5 Å². The van der Waals surface area contributed by atoms with Gasteiger partial charge in [0.2, 0.25) is 5.51 Å². The summed E-state index contributed by atoms with van der Waals surface area (Å²) in [4.78, 5) is 9.53. The second kappa shape index (κ2) is 6.95. The van der Waals surface area contributed by atoms with Crippen molar-refractivity contribution in [3.63, 3.8) is 0 Å². The Morgan fingerprint density at radius 1 is 1.42 bits per heavy atom. The fraction of sp³-hybridized carbons (Fsp3) is 0.417. The average molecular weight is 324 g/mol. The first-order chi connectivity index (χ1) is 8.61. The van der Waals surface area contributed by atoms with E-state index in [9.17, 15) is 0 Å². The van der Waals surface area contributed by atoms with Crippen LogP contribution in [0.4, 0.5) is 5.82 Å². The average Bonchev–Trinajstić information content (AvgIpc) is 2.66. The molecule has 1 radical (unpaired) electrons. The summed E-state index contributed by atoms with van der Waals surface area (Å²) < 4.78 is 2.11. The predicted octanol–water partition coefficient (Wildman–Crippen LogP) is 0.605. The van der Waals surface area contributed by atoms with Crippen molar-refractivity contribution in [2.75, 3.05) is 12.3 Å². The van der Waals surface area contributed by atoms with Crippen molar-refractivity contribution in [1.29, 1.82) is 0 Å². The van der Waals surface area contributed by atoms with Crippen LogP contribution in [0.1, 0.15) is 22.0 Å². The van der Waals surface area contributed by atoms with Gasteiger partial charge in [0, 0.05) is 42.9 Å². The standard InChI is InChI=1S/C12H17N4OS.Co/c1-8-11(3-4-17)18-7-16(8)6-10-5-14-9(2)15-12(10)13;/h5,7,17H,3-4,6H2,1-2H3,(H2,13,14,15);/q+1;. The summed E-state index contributed by atoms with van der Waals surface area (Å²) in [6, 6.07) is 0. The van der Waals surface area contributed by atoms with Gasteiger partial charge in [-0.3, -0.25) is 0 Å². The predicted molar refractivity (Wildman–Crippen MR) is 70.3 cm³/mol. The molecule has 0 aliphatic rings. The third kappa shape index (κ3) is 3.72. The van der Waals surface area contributed by atoms with E-state index in [0.717, 1.165) is 11.3 Å². The molecule has 2 aromatic heterocycles. The SMILES string of the molecule is Cc1ncc(C[n+]2csc(CCO)c2C)c(N)n1.[Co]. The van der Waals surface area contributed by atoms with E-state index in [0.29, 0.717) is 24.6 Å². The maximum Gasteiger partial charge on any atom is 0.225 e. The minimum absolute atomic E-state index is 0. The molecule has 0 aliphatic carbocycles. The summed E-state index contributed by atoms with van der Waals surface area (Å²) >= 11 is 1.65. The van der Waals surface area contributed by atoms with Gasteiger partial charge in [0.05, 0.1) is 10.4 Å². The van der Waals surface area contributed by atoms with Crippen LogP contribution in [0.2, 0.25) is 0 Å². The Labute approximate surface area is 126 Å². The van der Waals surface area contributed by atoms with Gasteiger partial charge < -0.3 is 10.8 Å². The summed E-state index contributed by atoms with van der Waals surface area (Å²) in [7, 11) is 0. The van der Waals surface area contributed by atoms with E-state index < -0.39 is 0 Å². The Kier molecular flexibility index (Phi) is 5.86. The van der Waals surface area contributed by atoms with Gasteiger partial charge in [0.1, 0.15) is 11.6 Å². The van der Waals surface area contributed by atoms with E-state index >= 15 is 0 Å². The molecule has 0 fully saturated rings. The first-order valence-corrected chi connectivity index (χ1v) is 6.65. The van der Waals surface area contributed by atoms with Gasteiger partial charge in [-0.25, -0.2) is 9.97 Å². The molecule has 0 bridgehead atoms. The van der Waals surface area contributed by atoms with E-state index in [2.05, 4.69) is 14.5 Å². The molecule has 2 rings (SSSR count). The van der Waals surface area contributed by atoms with Crippen LogP contribution in [0.3, 0.4) is 0 Å². The maximum atomic E-state index is 8.98. The van der Waals surface area contributed by atoms with Gasteiger partial charge in [-0.1, -0.05) is 11.3 Å². The van der Waals surface area contributed by atoms with E-state index in [1.807, 2.05) is 19.4 Å². The van der Waals surface area contributed by atoms with E-state index in [-0.39, 0.29) is 23.4 Å². The normalized spacial score (nSPS) is 10.3. The molecule has 0 saturated heterocycles. The monoisotopic (exact) mass is 324 g/mol. The molecule has 2 heterocycles.